The molecule has 18 heavy (non-hydrogen) atoms. The molecule has 0 bridgehead atoms. The number of nitrogens with zero attached hydrogens (tertiary/aromatic N) is 4. The number of ether oxygens (including phenoxy) is 1. The van der Waals surface area contributed by atoms with Crippen LogP contribution in [0.5, 0.6) is 0 Å². The Morgan fingerprint density at radius 1 is 1.33 bits per heavy atom. The Bertz CT molecular complexity index is 503. The molecule has 1 aromatic carbocycles. The topological polar surface area (TPSA) is 78.8 Å². The fraction of sp³-hybridized carbons (Fsp3) is 0.417. The highest BCUT2D eigenvalue weighted by molar-refractivity contribution is 5.62. The van der Waals surface area contributed by atoms with Crippen LogP contribution in [0.3, 0.4) is 0 Å². The first-order chi connectivity index (χ1) is 8.70. The summed E-state index contributed by atoms with van der Waals surface area (Å²) in [4.78, 5) is 0. The monoisotopic (exact) mass is 247 g/mol. The molecule has 0 amide bonds. The van der Waals surface area contributed by atoms with Gasteiger partial charge in [0.25, 0.3) is 0 Å². The van der Waals surface area contributed by atoms with Gasteiger partial charge in [-0.3, -0.25) is 0 Å². The molecule has 2 rings (SSSR count). The smallest absolute Gasteiger partial charge is 0.182 e. The third-order valence-corrected chi connectivity index (χ3v) is 2.54. The van der Waals surface area contributed by atoms with Gasteiger partial charge in [0.15, 0.2) is 5.82 Å². The van der Waals surface area contributed by atoms with E-state index in [-0.39, 0.29) is 0 Å². The lowest BCUT2D eigenvalue weighted by molar-refractivity contribution is 0.136. The number of anilines is 1. The quantitative estimate of drug-likeness (QED) is 0.635. The van der Waals surface area contributed by atoms with E-state index in [0.717, 1.165) is 11.1 Å². The molecule has 0 saturated heterocycles. The van der Waals surface area contributed by atoms with Gasteiger partial charge in [-0.2, -0.15) is 0 Å². The number of nitrogen functional groups attached to an aromatic ring is 1. The highest BCUT2D eigenvalue weighted by atomic mass is 16.5. The predicted octanol–water partition coefficient (Wildman–Crippen LogP) is 1.27. The number of benzene rings is 1. The molecule has 0 fully saturated rings. The Kier molecular flexibility index (Phi) is 3.88. The third kappa shape index (κ3) is 2.84. The summed E-state index contributed by atoms with van der Waals surface area (Å²) in [6.07, 6.45) is 0. The van der Waals surface area contributed by atoms with E-state index in [9.17, 15) is 0 Å². The van der Waals surface area contributed by atoms with Crippen molar-refractivity contribution in [1.82, 2.24) is 20.2 Å². The molecule has 1 aromatic heterocycles. The van der Waals surface area contributed by atoms with Crippen molar-refractivity contribution in [2.75, 3.05) is 18.9 Å². The fourth-order valence-corrected chi connectivity index (χ4v) is 1.80. The molecule has 0 saturated carbocycles. The van der Waals surface area contributed by atoms with Gasteiger partial charge in [-0.15, -0.1) is 5.10 Å². The molecule has 1 heterocycles. The van der Waals surface area contributed by atoms with Crippen molar-refractivity contribution < 1.29 is 4.74 Å². The van der Waals surface area contributed by atoms with Crippen molar-refractivity contribution in [2.24, 2.45) is 0 Å². The second kappa shape index (κ2) is 5.59. The standard InChI is InChI=1S/C12H17N5O/c1-3-18-5-4-17-12(14-15-16-17)10-6-9(2)7-11(13)8-10/h6-8H,3-5,13H2,1-2H3. The van der Waals surface area contributed by atoms with Crippen LogP contribution >= 0.6 is 0 Å². The zero-order valence-corrected chi connectivity index (χ0v) is 10.6. The van der Waals surface area contributed by atoms with Crippen LogP contribution in [0.15, 0.2) is 18.2 Å². The van der Waals surface area contributed by atoms with Crippen LogP contribution in [0.1, 0.15) is 12.5 Å². The van der Waals surface area contributed by atoms with E-state index >= 15 is 0 Å². The van der Waals surface area contributed by atoms with Gasteiger partial charge in [-0.1, -0.05) is 0 Å². The van der Waals surface area contributed by atoms with Gasteiger partial charge in [-0.05, 0) is 48.0 Å². The number of tetrazole rings is 1. The molecular formula is C12H17N5O. The van der Waals surface area contributed by atoms with Crippen LogP contribution in [0.4, 0.5) is 5.69 Å². The van der Waals surface area contributed by atoms with E-state index in [2.05, 4.69) is 15.5 Å². The number of hydrogen-bond donors (Lipinski definition) is 1. The first-order valence-corrected chi connectivity index (χ1v) is 5.92. The number of aromatic nitrogens is 4. The van der Waals surface area contributed by atoms with E-state index < -0.39 is 0 Å². The SMILES string of the molecule is CCOCCn1nnnc1-c1cc(C)cc(N)c1. The first-order valence-electron chi connectivity index (χ1n) is 5.92. The van der Waals surface area contributed by atoms with Gasteiger partial charge in [0, 0.05) is 17.9 Å². The summed E-state index contributed by atoms with van der Waals surface area (Å²) in [6, 6.07) is 5.80. The van der Waals surface area contributed by atoms with Crippen LogP contribution in [-0.2, 0) is 11.3 Å². The third-order valence-electron chi connectivity index (χ3n) is 2.54. The minimum Gasteiger partial charge on any atom is -0.399 e. The van der Waals surface area contributed by atoms with E-state index in [4.69, 9.17) is 10.5 Å². The maximum Gasteiger partial charge on any atom is 0.182 e. The Hall–Kier alpha value is -1.95. The summed E-state index contributed by atoms with van der Waals surface area (Å²) in [5.74, 6) is 0.713. The number of hydrogen-bond acceptors (Lipinski definition) is 5. The summed E-state index contributed by atoms with van der Waals surface area (Å²) < 4.78 is 7.03. The predicted molar refractivity (Wildman–Crippen MR) is 68.9 cm³/mol. The molecule has 6 nitrogen and oxygen atoms in total. The van der Waals surface area contributed by atoms with Crippen molar-refractivity contribution in [3.05, 3.63) is 23.8 Å². The highest BCUT2D eigenvalue weighted by Crippen LogP contribution is 2.20. The number of nitrogens with two attached hydrogens (primary N) is 1. The highest BCUT2D eigenvalue weighted by Gasteiger charge is 2.09. The Morgan fingerprint density at radius 2 is 2.17 bits per heavy atom. The zero-order chi connectivity index (χ0) is 13.0. The Morgan fingerprint density at radius 3 is 2.89 bits per heavy atom. The lowest BCUT2D eigenvalue weighted by atomic mass is 10.1. The average Bonchev–Trinajstić information content (AvgIpc) is 2.76. The van der Waals surface area contributed by atoms with Crippen LogP contribution in [0.2, 0.25) is 0 Å². The van der Waals surface area contributed by atoms with Crippen molar-refractivity contribution >= 4 is 5.69 Å². The summed E-state index contributed by atoms with van der Waals surface area (Å²) in [6.45, 7) is 5.87. The van der Waals surface area contributed by atoms with Crippen molar-refractivity contribution in [2.45, 2.75) is 20.4 Å². The maximum atomic E-state index is 5.83. The minimum absolute atomic E-state index is 0.593. The van der Waals surface area contributed by atoms with Crippen LogP contribution < -0.4 is 5.73 Å². The van der Waals surface area contributed by atoms with Gasteiger partial charge in [-0.25, -0.2) is 4.68 Å². The molecule has 0 aliphatic heterocycles. The van der Waals surface area contributed by atoms with E-state index in [1.165, 1.54) is 0 Å². The van der Waals surface area contributed by atoms with Crippen molar-refractivity contribution in [3.63, 3.8) is 0 Å². The van der Waals surface area contributed by atoms with Crippen LogP contribution in [0.25, 0.3) is 11.4 Å². The summed E-state index contributed by atoms with van der Waals surface area (Å²) in [7, 11) is 0. The zero-order valence-electron chi connectivity index (χ0n) is 10.6. The molecule has 0 aliphatic rings. The second-order valence-electron chi connectivity index (χ2n) is 4.05. The van der Waals surface area contributed by atoms with Gasteiger partial charge in [0.2, 0.25) is 0 Å². The molecule has 0 radical (unpaired) electrons. The molecule has 0 aliphatic carbocycles. The Balaban J connectivity index is 2.24. The van der Waals surface area contributed by atoms with Crippen molar-refractivity contribution in [1.29, 1.82) is 0 Å². The van der Waals surface area contributed by atoms with Gasteiger partial charge in [0.1, 0.15) is 0 Å². The number of rotatable bonds is 5. The lowest BCUT2D eigenvalue weighted by Gasteiger charge is -2.06. The summed E-state index contributed by atoms with van der Waals surface area (Å²) in [5.41, 5.74) is 8.56. The van der Waals surface area contributed by atoms with E-state index in [0.29, 0.717) is 31.3 Å². The molecule has 2 N–H and O–H groups in total. The molecule has 0 spiro atoms. The molecule has 6 heteroatoms. The molecule has 96 valence electrons. The number of aryl methyl sites for hydroxylation is 1. The first kappa shape index (κ1) is 12.5. The minimum atomic E-state index is 0.593. The van der Waals surface area contributed by atoms with Gasteiger partial charge < -0.3 is 10.5 Å². The molecule has 0 unspecified atom stereocenters. The maximum absolute atomic E-state index is 5.83. The van der Waals surface area contributed by atoms with Crippen LogP contribution in [0, 0.1) is 6.92 Å². The largest absolute Gasteiger partial charge is 0.399 e. The van der Waals surface area contributed by atoms with E-state index in [1.54, 1.807) is 4.68 Å². The summed E-state index contributed by atoms with van der Waals surface area (Å²) >= 11 is 0. The normalized spacial score (nSPS) is 10.8. The second-order valence-corrected chi connectivity index (χ2v) is 4.05. The fourth-order valence-electron chi connectivity index (χ4n) is 1.80. The molecular weight excluding hydrogens is 230 g/mol. The molecule has 0 atom stereocenters. The Labute approximate surface area is 106 Å². The van der Waals surface area contributed by atoms with Crippen LogP contribution in [-0.4, -0.2) is 33.4 Å². The van der Waals surface area contributed by atoms with Gasteiger partial charge >= 0.3 is 0 Å². The lowest BCUT2D eigenvalue weighted by Crippen LogP contribution is -2.09. The average molecular weight is 247 g/mol. The van der Waals surface area contributed by atoms with Gasteiger partial charge in [0.05, 0.1) is 13.2 Å². The summed E-state index contributed by atoms with van der Waals surface area (Å²) in [5, 5.41) is 11.7. The molecule has 2 aromatic rings. The van der Waals surface area contributed by atoms with Crippen molar-refractivity contribution in [3.8, 4) is 11.4 Å². The van der Waals surface area contributed by atoms with E-state index in [1.807, 2.05) is 32.0 Å².